The highest BCUT2D eigenvalue weighted by Crippen LogP contribution is 2.59. The van der Waals surface area contributed by atoms with Crippen LogP contribution in [0.2, 0.25) is 0 Å². The summed E-state index contributed by atoms with van der Waals surface area (Å²) in [7, 11) is 0. The number of allylic oxidation sites excluding steroid dienone is 5. The molecule has 0 heterocycles. The zero-order valence-electron chi connectivity index (χ0n) is 19.0. The predicted octanol–water partition coefficient (Wildman–Crippen LogP) is 6.37. The maximum atomic E-state index is 10.1. The van der Waals surface area contributed by atoms with E-state index in [-0.39, 0.29) is 0 Å². The van der Waals surface area contributed by atoms with Crippen molar-refractivity contribution in [3.63, 3.8) is 0 Å². The van der Waals surface area contributed by atoms with Gasteiger partial charge in [-0.15, -0.1) is 0 Å². The molecule has 29 heavy (non-hydrogen) atoms. The first-order chi connectivity index (χ1) is 13.7. The third-order valence-electron chi connectivity index (χ3n) is 7.98. The Balaban J connectivity index is 1.75. The highest BCUT2D eigenvalue weighted by Gasteiger charge is 2.50. The largest absolute Gasteiger partial charge is 0.393 e. The summed E-state index contributed by atoms with van der Waals surface area (Å²) in [6.07, 6.45) is 16.9. The van der Waals surface area contributed by atoms with Crippen LogP contribution in [0.4, 0.5) is 0 Å². The molecule has 0 bridgehead atoms. The van der Waals surface area contributed by atoms with Crippen LogP contribution in [-0.2, 0) is 0 Å². The highest BCUT2D eigenvalue weighted by molar-refractivity contribution is 5.38. The Morgan fingerprint density at radius 1 is 1.17 bits per heavy atom. The van der Waals surface area contributed by atoms with Gasteiger partial charge in [0.1, 0.15) is 0 Å². The third kappa shape index (κ3) is 4.97. The third-order valence-corrected chi connectivity index (χ3v) is 7.98. The van der Waals surface area contributed by atoms with Crippen LogP contribution in [0.25, 0.3) is 0 Å². The van der Waals surface area contributed by atoms with Crippen LogP contribution >= 0.6 is 0 Å². The van der Waals surface area contributed by atoms with Gasteiger partial charge in [0.2, 0.25) is 0 Å². The van der Waals surface area contributed by atoms with Crippen LogP contribution < -0.4 is 0 Å². The minimum Gasteiger partial charge on any atom is -0.393 e. The molecule has 6 atom stereocenters. The second-order valence-electron chi connectivity index (χ2n) is 10.6. The van der Waals surface area contributed by atoms with Crippen LogP contribution in [-0.4, -0.2) is 22.4 Å². The van der Waals surface area contributed by atoms with Gasteiger partial charge in [-0.05, 0) is 85.2 Å². The van der Waals surface area contributed by atoms with Gasteiger partial charge in [-0.25, -0.2) is 0 Å². The topological polar surface area (TPSA) is 40.5 Å². The first kappa shape index (κ1) is 22.6. The number of hydrogen-bond donors (Lipinski definition) is 2. The lowest BCUT2D eigenvalue weighted by atomic mass is 9.61. The molecule has 0 aromatic heterocycles. The summed E-state index contributed by atoms with van der Waals surface area (Å²) in [4.78, 5) is 0. The van der Waals surface area contributed by atoms with Gasteiger partial charge in [0, 0.05) is 6.42 Å². The normalized spacial score (nSPS) is 39.6. The van der Waals surface area contributed by atoms with Gasteiger partial charge < -0.3 is 10.2 Å². The first-order valence-electron chi connectivity index (χ1n) is 11.8. The molecule has 3 aliphatic carbocycles. The van der Waals surface area contributed by atoms with E-state index in [1.54, 1.807) is 5.57 Å². The van der Waals surface area contributed by atoms with Gasteiger partial charge in [0.15, 0.2) is 0 Å². The van der Waals surface area contributed by atoms with E-state index in [1.807, 2.05) is 0 Å². The van der Waals surface area contributed by atoms with Gasteiger partial charge in [0.25, 0.3) is 0 Å². The van der Waals surface area contributed by atoms with E-state index in [0.29, 0.717) is 30.1 Å². The first-order valence-corrected chi connectivity index (χ1v) is 11.8. The molecule has 0 amide bonds. The molecule has 2 nitrogen and oxygen atoms in total. The fourth-order valence-electron chi connectivity index (χ4n) is 6.31. The van der Waals surface area contributed by atoms with Crippen molar-refractivity contribution >= 4 is 0 Å². The fourth-order valence-corrected chi connectivity index (χ4v) is 6.31. The molecule has 3 saturated carbocycles. The number of rotatable bonds is 5. The van der Waals surface area contributed by atoms with Gasteiger partial charge in [-0.3, -0.25) is 0 Å². The zero-order valence-corrected chi connectivity index (χ0v) is 19.0. The van der Waals surface area contributed by atoms with E-state index in [2.05, 4.69) is 58.6 Å². The van der Waals surface area contributed by atoms with Crippen molar-refractivity contribution in [3.8, 4) is 0 Å². The number of hydrogen-bond acceptors (Lipinski definition) is 2. The fraction of sp³-hybridized carbons (Fsp3) is 0.704. The van der Waals surface area contributed by atoms with Crippen LogP contribution in [0.3, 0.4) is 0 Å². The Morgan fingerprint density at radius 3 is 2.66 bits per heavy atom. The molecule has 3 rings (SSSR count). The lowest BCUT2D eigenvalue weighted by Crippen LogP contribution is -2.35. The summed E-state index contributed by atoms with van der Waals surface area (Å²) in [5.41, 5.74) is 3.79. The smallest absolute Gasteiger partial charge is 0.0811 e. The second-order valence-corrected chi connectivity index (χ2v) is 10.6. The highest BCUT2D eigenvalue weighted by atomic mass is 16.3. The summed E-state index contributed by atoms with van der Waals surface area (Å²) >= 11 is 0. The number of fused-ring (bicyclic) bond motifs is 1. The standard InChI is InChI=1S/C27H42O2/c1-18(2)8-6-9-19(3)24-13-14-25-21(10-7-15-27(24,25)5)11-12-22-16-23(28)17-26(29)20(22)4/h6,9,11-12,18-19,23-26,28-29H,4,7-8,10,13-17H2,1-3,5H3/b9-6-,21-11+,22-12+/t19-,23-,24-,25+,26-,27-/m1/s1. The maximum absolute atomic E-state index is 10.1. The molecular weight excluding hydrogens is 356 g/mol. The predicted molar refractivity (Wildman–Crippen MR) is 122 cm³/mol. The lowest BCUT2D eigenvalue weighted by molar-refractivity contribution is 0.0862. The van der Waals surface area contributed by atoms with Crippen molar-refractivity contribution in [2.45, 2.75) is 91.3 Å². The molecule has 0 spiro atoms. The van der Waals surface area contributed by atoms with Gasteiger partial charge in [-0.1, -0.05) is 64.2 Å². The van der Waals surface area contributed by atoms with Crippen molar-refractivity contribution in [2.75, 3.05) is 0 Å². The maximum Gasteiger partial charge on any atom is 0.0811 e. The minimum absolute atomic E-state index is 0.396. The zero-order chi connectivity index (χ0) is 21.2. The molecule has 2 N–H and O–H groups in total. The van der Waals surface area contributed by atoms with Crippen molar-refractivity contribution in [3.05, 3.63) is 47.6 Å². The van der Waals surface area contributed by atoms with Crippen molar-refractivity contribution in [1.82, 2.24) is 0 Å². The lowest BCUT2D eigenvalue weighted by Gasteiger charge is -2.44. The quantitative estimate of drug-likeness (QED) is 0.529. The molecule has 0 aromatic rings. The summed E-state index contributed by atoms with van der Waals surface area (Å²) in [6, 6.07) is 0. The Kier molecular flexibility index (Phi) is 7.27. The Labute approximate surface area is 178 Å². The molecule has 0 aromatic carbocycles. The Morgan fingerprint density at radius 2 is 1.93 bits per heavy atom. The number of aliphatic hydroxyl groups is 2. The number of aliphatic hydroxyl groups excluding tert-OH is 2. The summed E-state index contributed by atoms with van der Waals surface area (Å²) in [5, 5.41) is 20.1. The monoisotopic (exact) mass is 398 g/mol. The average molecular weight is 399 g/mol. The molecule has 2 heteroatoms. The van der Waals surface area contributed by atoms with Crippen molar-refractivity contribution in [2.24, 2.45) is 29.1 Å². The van der Waals surface area contributed by atoms with Gasteiger partial charge >= 0.3 is 0 Å². The summed E-state index contributed by atoms with van der Waals surface area (Å²) in [6.45, 7) is 13.6. The minimum atomic E-state index is -0.602. The molecule has 0 saturated heterocycles. The molecule has 3 fully saturated rings. The van der Waals surface area contributed by atoms with Crippen molar-refractivity contribution in [1.29, 1.82) is 0 Å². The molecule has 162 valence electrons. The van der Waals surface area contributed by atoms with Crippen LogP contribution in [0, 0.1) is 29.1 Å². The molecule has 0 radical (unpaired) electrons. The average Bonchev–Trinajstić information content (AvgIpc) is 3.00. The van der Waals surface area contributed by atoms with E-state index in [9.17, 15) is 10.2 Å². The second kappa shape index (κ2) is 9.35. The van der Waals surface area contributed by atoms with Crippen LogP contribution in [0.5, 0.6) is 0 Å². The van der Waals surface area contributed by atoms with Gasteiger partial charge in [0.05, 0.1) is 12.2 Å². The van der Waals surface area contributed by atoms with E-state index in [1.165, 1.54) is 38.5 Å². The molecule has 0 unspecified atom stereocenters. The molecule has 3 aliphatic rings. The van der Waals surface area contributed by atoms with Crippen LogP contribution in [0.1, 0.15) is 79.1 Å². The van der Waals surface area contributed by atoms with E-state index in [4.69, 9.17) is 0 Å². The Bertz CT molecular complexity index is 683. The summed E-state index contributed by atoms with van der Waals surface area (Å²) < 4.78 is 0. The van der Waals surface area contributed by atoms with E-state index >= 15 is 0 Å². The summed E-state index contributed by atoms with van der Waals surface area (Å²) in [5.74, 6) is 2.81. The Hall–Kier alpha value is -1.12. The van der Waals surface area contributed by atoms with E-state index < -0.39 is 12.2 Å². The van der Waals surface area contributed by atoms with Crippen LogP contribution in [0.15, 0.2) is 47.6 Å². The van der Waals surface area contributed by atoms with Crippen molar-refractivity contribution < 1.29 is 10.2 Å². The molecular formula is C27H42O2. The SMILES string of the molecule is C=C1/C(=C/C=C2\CCC[C@]3(C)[C@@H]([C@H](C)/C=C\CC(C)C)CC[C@@H]23)C[C@@H](O)C[C@H]1O. The molecule has 0 aliphatic heterocycles. The van der Waals surface area contributed by atoms with Gasteiger partial charge in [-0.2, -0.15) is 0 Å². The van der Waals surface area contributed by atoms with E-state index in [0.717, 1.165) is 23.0 Å².